The van der Waals surface area contributed by atoms with E-state index in [0.29, 0.717) is 5.69 Å². The van der Waals surface area contributed by atoms with Crippen LogP contribution in [-0.2, 0) is 0 Å². The van der Waals surface area contributed by atoms with E-state index in [-0.39, 0.29) is 0 Å². The maximum absolute atomic E-state index is 9.88. The van der Waals surface area contributed by atoms with E-state index in [0.717, 1.165) is 5.56 Å². The Morgan fingerprint density at radius 3 is 2.46 bits per heavy atom. The zero-order chi connectivity index (χ0) is 9.68. The van der Waals surface area contributed by atoms with E-state index in [1.807, 2.05) is 44.2 Å². The molecule has 0 aliphatic carbocycles. The van der Waals surface area contributed by atoms with Gasteiger partial charge in [-0.05, 0) is 37.1 Å². The Balaban J connectivity index is 2.87. The minimum absolute atomic E-state index is 0.711. The van der Waals surface area contributed by atoms with Crippen molar-refractivity contribution in [3.05, 3.63) is 40.8 Å². The number of hydrogen-bond acceptors (Lipinski definition) is 2. The second-order valence-corrected chi connectivity index (χ2v) is 2.75. The van der Waals surface area contributed by atoms with E-state index in [1.165, 1.54) is 5.57 Å². The van der Waals surface area contributed by atoms with E-state index >= 15 is 0 Å². The summed E-state index contributed by atoms with van der Waals surface area (Å²) in [6.07, 6.45) is 2.04. The maximum Gasteiger partial charge on any atom is 0.0594 e. The van der Waals surface area contributed by atoms with Crippen LogP contribution in [-0.4, -0.2) is 0 Å². The van der Waals surface area contributed by atoms with Crippen molar-refractivity contribution in [3.63, 3.8) is 0 Å². The Kier molecular flexibility index (Phi) is 3.20. The highest BCUT2D eigenvalue weighted by molar-refractivity contribution is 5.65. The first kappa shape index (κ1) is 9.45. The van der Waals surface area contributed by atoms with Gasteiger partial charge in [-0.1, -0.05) is 18.2 Å². The molecule has 0 atom stereocenters. The van der Waals surface area contributed by atoms with Gasteiger partial charge in [-0.25, -0.2) is 5.43 Å². The monoisotopic (exact) mass is 176 g/mol. The molecule has 3 heteroatoms. The van der Waals surface area contributed by atoms with Crippen molar-refractivity contribution in [1.29, 1.82) is 0 Å². The Morgan fingerprint density at radius 2 is 2.00 bits per heavy atom. The standard InChI is InChI=1S/C10H12N2O/c1-3-8(2)9-4-6-10(7-5-9)11-12-13/h3-7H,1-2H3,(H,11,13)/b8-3+. The van der Waals surface area contributed by atoms with Crippen molar-refractivity contribution in [2.45, 2.75) is 13.8 Å². The molecule has 0 radical (unpaired) electrons. The molecular weight excluding hydrogens is 164 g/mol. The van der Waals surface area contributed by atoms with Crippen LogP contribution in [0.3, 0.4) is 0 Å². The maximum atomic E-state index is 9.88. The number of nitrogens with zero attached hydrogens (tertiary/aromatic N) is 1. The zero-order valence-corrected chi connectivity index (χ0v) is 7.74. The predicted octanol–water partition coefficient (Wildman–Crippen LogP) is 3.20. The fraction of sp³-hybridized carbons (Fsp3) is 0.200. The van der Waals surface area contributed by atoms with Gasteiger partial charge in [0.05, 0.1) is 11.0 Å². The topological polar surface area (TPSA) is 41.5 Å². The molecule has 1 aromatic carbocycles. The first-order chi connectivity index (χ1) is 6.27. The van der Waals surface area contributed by atoms with E-state index in [9.17, 15) is 4.91 Å². The molecule has 0 aliphatic rings. The fourth-order valence-corrected chi connectivity index (χ4v) is 1.03. The first-order valence-corrected chi connectivity index (χ1v) is 4.09. The third kappa shape index (κ3) is 2.40. The summed E-state index contributed by atoms with van der Waals surface area (Å²) in [6.45, 7) is 4.04. The van der Waals surface area contributed by atoms with Crippen LogP contribution in [0.15, 0.2) is 35.6 Å². The molecule has 0 bridgehead atoms. The number of nitroso groups, excluding NO2 is 1. The molecule has 3 nitrogen and oxygen atoms in total. The highest BCUT2D eigenvalue weighted by atomic mass is 16.3. The van der Waals surface area contributed by atoms with Crippen LogP contribution in [0.4, 0.5) is 5.69 Å². The lowest BCUT2D eigenvalue weighted by Crippen LogP contribution is -1.86. The van der Waals surface area contributed by atoms with E-state index in [2.05, 4.69) is 10.7 Å². The molecule has 1 rings (SSSR count). The normalized spacial score (nSPS) is 11.1. The van der Waals surface area contributed by atoms with Crippen LogP contribution in [0, 0.1) is 4.91 Å². The number of benzene rings is 1. The first-order valence-electron chi connectivity index (χ1n) is 4.09. The summed E-state index contributed by atoms with van der Waals surface area (Å²) in [5.41, 5.74) is 5.42. The Morgan fingerprint density at radius 1 is 1.38 bits per heavy atom. The number of nitrogens with one attached hydrogen (secondary N) is 1. The van der Waals surface area contributed by atoms with Gasteiger partial charge in [-0.3, -0.25) is 0 Å². The highest BCUT2D eigenvalue weighted by Crippen LogP contribution is 2.16. The van der Waals surface area contributed by atoms with Gasteiger partial charge in [0.15, 0.2) is 0 Å². The predicted molar refractivity (Wildman–Crippen MR) is 55.2 cm³/mol. The molecule has 0 heterocycles. The molecule has 0 aliphatic heterocycles. The summed E-state index contributed by atoms with van der Waals surface area (Å²) in [4.78, 5) is 9.88. The molecule has 0 saturated heterocycles. The third-order valence-corrected chi connectivity index (χ3v) is 1.95. The quantitative estimate of drug-likeness (QED) is 0.567. The molecule has 1 N–H and O–H groups in total. The molecular formula is C10H12N2O. The minimum atomic E-state index is 0.711. The van der Waals surface area contributed by atoms with Crippen molar-refractivity contribution in [2.75, 3.05) is 5.43 Å². The molecule has 68 valence electrons. The SMILES string of the molecule is C/C=C(\C)c1ccc(NN=O)cc1. The summed E-state index contributed by atoms with van der Waals surface area (Å²) in [7, 11) is 0. The minimum Gasteiger partial charge on any atom is -0.242 e. The molecule has 0 spiro atoms. The number of anilines is 1. The molecule has 0 aromatic heterocycles. The fourth-order valence-electron chi connectivity index (χ4n) is 1.03. The van der Waals surface area contributed by atoms with Crippen molar-refractivity contribution >= 4 is 11.3 Å². The van der Waals surface area contributed by atoms with Gasteiger partial charge >= 0.3 is 0 Å². The lowest BCUT2D eigenvalue weighted by molar-refractivity contribution is 1.31. The summed E-state index contributed by atoms with van der Waals surface area (Å²) < 4.78 is 0. The van der Waals surface area contributed by atoms with E-state index < -0.39 is 0 Å². The summed E-state index contributed by atoms with van der Waals surface area (Å²) in [6, 6.07) is 7.54. The highest BCUT2D eigenvalue weighted by Gasteiger charge is 1.94. The lowest BCUT2D eigenvalue weighted by atomic mass is 10.1. The second-order valence-electron chi connectivity index (χ2n) is 2.75. The second kappa shape index (κ2) is 4.40. The summed E-state index contributed by atoms with van der Waals surface area (Å²) in [5, 5.41) is 2.59. The average molecular weight is 176 g/mol. The Bertz CT molecular complexity index is 314. The van der Waals surface area contributed by atoms with Crippen LogP contribution >= 0.6 is 0 Å². The van der Waals surface area contributed by atoms with E-state index in [1.54, 1.807) is 0 Å². The zero-order valence-electron chi connectivity index (χ0n) is 7.74. The average Bonchev–Trinajstić information content (AvgIpc) is 2.18. The molecule has 0 amide bonds. The van der Waals surface area contributed by atoms with Gasteiger partial charge in [0.25, 0.3) is 0 Å². The Labute approximate surface area is 77.4 Å². The molecule has 0 unspecified atom stereocenters. The Hall–Kier alpha value is -1.64. The van der Waals surface area contributed by atoms with Crippen molar-refractivity contribution in [2.24, 2.45) is 5.29 Å². The van der Waals surface area contributed by atoms with Crippen LogP contribution in [0.2, 0.25) is 0 Å². The van der Waals surface area contributed by atoms with Gasteiger partial charge in [0.1, 0.15) is 0 Å². The summed E-state index contributed by atoms with van der Waals surface area (Å²) in [5.74, 6) is 0. The molecule has 13 heavy (non-hydrogen) atoms. The number of allylic oxidation sites excluding steroid dienone is 2. The molecule has 1 aromatic rings. The van der Waals surface area contributed by atoms with Crippen molar-refractivity contribution < 1.29 is 0 Å². The van der Waals surface area contributed by atoms with Crippen LogP contribution < -0.4 is 5.43 Å². The third-order valence-electron chi connectivity index (χ3n) is 1.95. The van der Waals surface area contributed by atoms with Crippen LogP contribution in [0.25, 0.3) is 5.57 Å². The van der Waals surface area contributed by atoms with Crippen molar-refractivity contribution in [3.8, 4) is 0 Å². The molecule has 0 fully saturated rings. The van der Waals surface area contributed by atoms with E-state index in [4.69, 9.17) is 0 Å². The van der Waals surface area contributed by atoms with Crippen LogP contribution in [0.1, 0.15) is 19.4 Å². The van der Waals surface area contributed by atoms with Crippen LogP contribution in [0.5, 0.6) is 0 Å². The number of rotatable bonds is 3. The number of hydrogen-bond donors (Lipinski definition) is 1. The smallest absolute Gasteiger partial charge is 0.0594 e. The van der Waals surface area contributed by atoms with Gasteiger partial charge in [-0.15, -0.1) is 4.91 Å². The largest absolute Gasteiger partial charge is 0.242 e. The van der Waals surface area contributed by atoms with Gasteiger partial charge < -0.3 is 0 Å². The summed E-state index contributed by atoms with van der Waals surface area (Å²) >= 11 is 0. The van der Waals surface area contributed by atoms with Crippen molar-refractivity contribution in [1.82, 2.24) is 0 Å². The van der Waals surface area contributed by atoms with Gasteiger partial charge in [-0.2, -0.15) is 0 Å². The lowest BCUT2D eigenvalue weighted by Gasteiger charge is -2.01. The van der Waals surface area contributed by atoms with Gasteiger partial charge in [0.2, 0.25) is 0 Å². The van der Waals surface area contributed by atoms with Gasteiger partial charge in [0, 0.05) is 0 Å². The molecule has 0 saturated carbocycles.